The van der Waals surface area contributed by atoms with E-state index in [0.29, 0.717) is 38.2 Å². The molecule has 2 aromatic heterocycles. The molecule has 2 aliphatic heterocycles. The molecule has 8 heteroatoms. The number of rotatable bonds is 2. The molecule has 1 spiro atoms. The van der Waals surface area contributed by atoms with E-state index in [-0.39, 0.29) is 11.9 Å². The average molecular weight is 404 g/mol. The Morgan fingerprint density at radius 2 is 1.97 bits per heavy atom. The maximum Gasteiger partial charge on any atom is 0.272 e. The smallest absolute Gasteiger partial charge is 0.272 e. The van der Waals surface area contributed by atoms with Crippen molar-refractivity contribution < 1.29 is 9.53 Å². The van der Waals surface area contributed by atoms with Gasteiger partial charge in [-0.15, -0.1) is 0 Å². The average Bonchev–Trinajstić information content (AvgIpc) is 3.17. The van der Waals surface area contributed by atoms with Gasteiger partial charge in [0.2, 0.25) is 5.95 Å². The van der Waals surface area contributed by atoms with E-state index >= 15 is 0 Å². The Morgan fingerprint density at radius 1 is 1.20 bits per heavy atom. The molecular weight excluding hydrogens is 380 g/mol. The molecule has 0 aliphatic carbocycles. The van der Waals surface area contributed by atoms with Crippen LogP contribution in [0.1, 0.15) is 34.6 Å². The number of anilines is 1. The fourth-order valence-electron chi connectivity index (χ4n) is 4.45. The Morgan fingerprint density at radius 3 is 2.73 bits per heavy atom. The summed E-state index contributed by atoms with van der Waals surface area (Å²) in [6.45, 7) is 1.82. The lowest BCUT2D eigenvalue weighted by Crippen LogP contribution is -2.49. The zero-order valence-electron chi connectivity index (χ0n) is 16.9. The van der Waals surface area contributed by atoms with E-state index in [1.807, 2.05) is 48.3 Å². The number of amides is 1. The fraction of sp³-hybridized carbons (Fsp3) is 0.364. The first-order valence-corrected chi connectivity index (χ1v) is 10.2. The predicted octanol–water partition coefficient (Wildman–Crippen LogP) is 2.16. The number of carbonyl (C=O) groups excluding carboxylic acids is 1. The topological polar surface area (TPSA) is 99.2 Å². The van der Waals surface area contributed by atoms with Crippen molar-refractivity contribution in [1.29, 1.82) is 0 Å². The number of ether oxygens (including phenoxy) is 1. The summed E-state index contributed by atoms with van der Waals surface area (Å²) < 4.78 is 7.87. The number of hydrogen-bond acceptors (Lipinski definition) is 6. The third-order valence-electron chi connectivity index (χ3n) is 6.09. The van der Waals surface area contributed by atoms with Gasteiger partial charge in [-0.3, -0.25) is 9.48 Å². The molecule has 0 atom stereocenters. The van der Waals surface area contributed by atoms with Crippen LogP contribution in [0.25, 0.3) is 11.3 Å². The van der Waals surface area contributed by atoms with Crippen molar-refractivity contribution >= 4 is 11.9 Å². The van der Waals surface area contributed by atoms with Crippen molar-refractivity contribution in [2.45, 2.75) is 24.9 Å². The van der Waals surface area contributed by atoms with Crippen LogP contribution in [0.3, 0.4) is 0 Å². The van der Waals surface area contributed by atoms with Gasteiger partial charge >= 0.3 is 0 Å². The summed E-state index contributed by atoms with van der Waals surface area (Å²) in [5, 5.41) is 4.53. The molecule has 4 heterocycles. The standard InChI is InChI=1S/C22H24N6O2/c1-27-18(13-17(26-27)15-5-3-2-4-6-15)20(29)28-10-8-22(9-11-28)19-16(7-12-30-22)14-24-21(23)25-19/h2-6,13-14H,7-12H2,1H3,(H2,23,24,25). The van der Waals surface area contributed by atoms with Crippen LogP contribution in [0, 0.1) is 0 Å². The summed E-state index contributed by atoms with van der Waals surface area (Å²) in [6, 6.07) is 11.7. The van der Waals surface area contributed by atoms with Crippen LogP contribution >= 0.6 is 0 Å². The number of fused-ring (bicyclic) bond motifs is 2. The lowest BCUT2D eigenvalue weighted by atomic mass is 9.83. The Hall–Kier alpha value is -3.26. The van der Waals surface area contributed by atoms with Gasteiger partial charge in [-0.25, -0.2) is 9.97 Å². The third-order valence-corrected chi connectivity index (χ3v) is 6.09. The molecule has 8 nitrogen and oxygen atoms in total. The van der Waals surface area contributed by atoms with Crippen molar-refractivity contribution in [3.8, 4) is 11.3 Å². The molecule has 1 fully saturated rings. The van der Waals surface area contributed by atoms with Gasteiger partial charge in [-0.05, 0) is 30.9 Å². The second kappa shape index (κ2) is 7.21. The normalized spacial score (nSPS) is 17.7. The lowest BCUT2D eigenvalue weighted by Gasteiger charge is -2.43. The van der Waals surface area contributed by atoms with Crippen molar-refractivity contribution in [3.63, 3.8) is 0 Å². The first-order chi connectivity index (χ1) is 14.6. The number of nitrogens with two attached hydrogens (primary N) is 1. The number of likely N-dealkylation sites (tertiary alicyclic amines) is 1. The van der Waals surface area contributed by atoms with Crippen molar-refractivity contribution in [2.24, 2.45) is 7.05 Å². The number of nitrogens with zero attached hydrogens (tertiary/aromatic N) is 5. The molecule has 2 N–H and O–H groups in total. The Bertz CT molecular complexity index is 1090. The van der Waals surface area contributed by atoms with Crippen molar-refractivity contribution in [3.05, 3.63) is 59.5 Å². The van der Waals surface area contributed by atoms with Crippen molar-refractivity contribution in [2.75, 3.05) is 25.4 Å². The highest BCUT2D eigenvalue weighted by Crippen LogP contribution is 2.40. The van der Waals surface area contributed by atoms with Crippen LogP contribution in [0.2, 0.25) is 0 Å². The molecule has 30 heavy (non-hydrogen) atoms. The number of nitrogen functional groups attached to an aromatic ring is 1. The number of benzene rings is 1. The number of aryl methyl sites for hydroxylation is 1. The predicted molar refractivity (Wildman–Crippen MR) is 112 cm³/mol. The van der Waals surface area contributed by atoms with Gasteiger partial charge in [0.15, 0.2) is 0 Å². The first kappa shape index (κ1) is 18.7. The van der Waals surface area contributed by atoms with Crippen LogP contribution in [-0.4, -0.2) is 50.3 Å². The van der Waals surface area contributed by atoms with E-state index in [2.05, 4.69) is 15.1 Å². The minimum absolute atomic E-state index is 0.0136. The number of hydrogen-bond donors (Lipinski definition) is 1. The van der Waals surface area contributed by atoms with Crippen LogP contribution in [0.4, 0.5) is 5.95 Å². The molecule has 0 bridgehead atoms. The van der Waals surface area contributed by atoms with E-state index in [0.717, 1.165) is 28.9 Å². The molecule has 0 radical (unpaired) electrons. The summed E-state index contributed by atoms with van der Waals surface area (Å²) in [7, 11) is 1.81. The Balaban J connectivity index is 1.35. The summed E-state index contributed by atoms with van der Waals surface area (Å²) >= 11 is 0. The highest BCUT2D eigenvalue weighted by atomic mass is 16.5. The molecule has 1 saturated heterocycles. The molecule has 0 unspecified atom stereocenters. The van der Waals surface area contributed by atoms with E-state index in [1.165, 1.54) is 0 Å². The van der Waals surface area contributed by atoms with Gasteiger partial charge in [0.05, 0.1) is 18.0 Å². The second-order valence-corrected chi connectivity index (χ2v) is 7.89. The van der Waals surface area contributed by atoms with E-state index in [4.69, 9.17) is 10.5 Å². The van der Waals surface area contributed by atoms with Gasteiger partial charge in [0.25, 0.3) is 5.91 Å². The molecule has 154 valence electrons. The van der Waals surface area contributed by atoms with Gasteiger partial charge in [-0.2, -0.15) is 5.10 Å². The minimum atomic E-state index is -0.483. The summed E-state index contributed by atoms with van der Waals surface area (Å²) in [5.74, 6) is 0.251. The highest BCUT2D eigenvalue weighted by Gasteiger charge is 2.43. The molecule has 3 aromatic rings. The number of carbonyl (C=O) groups is 1. The quantitative estimate of drug-likeness (QED) is 0.703. The largest absolute Gasteiger partial charge is 0.368 e. The summed E-state index contributed by atoms with van der Waals surface area (Å²) in [4.78, 5) is 23.7. The summed E-state index contributed by atoms with van der Waals surface area (Å²) in [5.41, 5.74) is 9.71. The number of aromatic nitrogens is 4. The SMILES string of the molecule is Cn1nc(-c2ccccc2)cc1C(=O)N1CCC2(CC1)OCCc1cnc(N)nc12. The fourth-order valence-corrected chi connectivity index (χ4v) is 4.45. The van der Waals surface area contributed by atoms with Crippen LogP contribution in [0.15, 0.2) is 42.6 Å². The van der Waals surface area contributed by atoms with Crippen molar-refractivity contribution in [1.82, 2.24) is 24.6 Å². The summed E-state index contributed by atoms with van der Waals surface area (Å²) in [6.07, 6.45) is 3.97. The highest BCUT2D eigenvalue weighted by molar-refractivity contribution is 5.93. The van der Waals surface area contributed by atoms with Crippen LogP contribution < -0.4 is 5.73 Å². The monoisotopic (exact) mass is 404 g/mol. The Kier molecular flexibility index (Phi) is 4.51. The van der Waals surface area contributed by atoms with E-state index in [9.17, 15) is 4.79 Å². The molecule has 1 aromatic carbocycles. The molecular formula is C22H24N6O2. The number of piperidine rings is 1. The third kappa shape index (κ3) is 3.13. The molecule has 5 rings (SSSR count). The Labute approximate surface area is 174 Å². The molecule has 1 amide bonds. The maximum absolute atomic E-state index is 13.2. The van der Waals surface area contributed by atoms with Crippen LogP contribution in [0.5, 0.6) is 0 Å². The zero-order chi connectivity index (χ0) is 20.7. The van der Waals surface area contributed by atoms with Gasteiger partial charge in [-0.1, -0.05) is 30.3 Å². The van der Waals surface area contributed by atoms with Crippen LogP contribution in [-0.2, 0) is 23.8 Å². The van der Waals surface area contributed by atoms with Gasteiger partial charge < -0.3 is 15.4 Å². The molecule has 0 saturated carbocycles. The molecule has 2 aliphatic rings. The zero-order valence-corrected chi connectivity index (χ0v) is 16.9. The van der Waals surface area contributed by atoms with Gasteiger partial charge in [0, 0.05) is 31.9 Å². The maximum atomic E-state index is 13.2. The second-order valence-electron chi connectivity index (χ2n) is 7.89. The van der Waals surface area contributed by atoms with E-state index < -0.39 is 5.60 Å². The minimum Gasteiger partial charge on any atom is -0.368 e. The van der Waals surface area contributed by atoms with E-state index in [1.54, 1.807) is 10.9 Å². The lowest BCUT2D eigenvalue weighted by molar-refractivity contribution is -0.0967. The van der Waals surface area contributed by atoms with Gasteiger partial charge in [0.1, 0.15) is 11.3 Å². The first-order valence-electron chi connectivity index (χ1n) is 10.2.